The van der Waals surface area contributed by atoms with Crippen LogP contribution in [0.3, 0.4) is 0 Å². The summed E-state index contributed by atoms with van der Waals surface area (Å²) < 4.78 is 1.96. The van der Waals surface area contributed by atoms with Crippen LogP contribution in [0.15, 0.2) is 53.7 Å². The highest BCUT2D eigenvalue weighted by Crippen LogP contribution is 2.26. The molecule has 0 radical (unpaired) electrons. The molecular weight excluding hydrogens is 360 g/mol. The van der Waals surface area contributed by atoms with Crippen LogP contribution < -0.4 is 5.32 Å². The molecule has 0 aliphatic heterocycles. The third-order valence-electron chi connectivity index (χ3n) is 4.14. The average Bonchev–Trinajstić information content (AvgIpc) is 2.99. The zero-order valence-electron chi connectivity index (χ0n) is 14.4. The number of carbonyl (C=O) groups is 1. The Bertz CT molecular complexity index is 1210. The predicted molar refractivity (Wildman–Crippen MR) is 104 cm³/mol. The standard InChI is InChI=1S/C19H14N6OS/c1-25-15-9-5-3-7-13(15)17-18(25)22-19(24-23-17)27-11-16(26)21-14-8-4-2-6-12(14)10-20/h2-9H,11H2,1H3,(H,21,26). The maximum Gasteiger partial charge on any atom is 0.234 e. The maximum atomic E-state index is 12.2. The zero-order valence-corrected chi connectivity index (χ0v) is 15.2. The van der Waals surface area contributed by atoms with Gasteiger partial charge in [-0.3, -0.25) is 4.79 Å². The van der Waals surface area contributed by atoms with Gasteiger partial charge in [0, 0.05) is 12.4 Å². The number of para-hydroxylation sites is 2. The molecule has 1 amide bonds. The molecule has 2 aromatic heterocycles. The number of carbonyl (C=O) groups excluding carboxylic acids is 1. The molecule has 132 valence electrons. The summed E-state index contributed by atoms with van der Waals surface area (Å²) in [5, 5.41) is 21.7. The third kappa shape index (κ3) is 3.20. The second-order valence-electron chi connectivity index (χ2n) is 5.84. The molecule has 0 atom stereocenters. The Morgan fingerprint density at radius 1 is 1.19 bits per heavy atom. The number of rotatable bonds is 4. The lowest BCUT2D eigenvalue weighted by molar-refractivity contribution is -0.113. The Morgan fingerprint density at radius 3 is 2.81 bits per heavy atom. The molecule has 8 heteroatoms. The minimum absolute atomic E-state index is 0.122. The Morgan fingerprint density at radius 2 is 1.96 bits per heavy atom. The van der Waals surface area contributed by atoms with Gasteiger partial charge in [-0.15, -0.1) is 10.2 Å². The van der Waals surface area contributed by atoms with Crippen molar-refractivity contribution in [2.24, 2.45) is 7.05 Å². The average molecular weight is 374 g/mol. The molecule has 0 unspecified atom stereocenters. The van der Waals surface area contributed by atoms with Crippen molar-refractivity contribution in [2.75, 3.05) is 11.1 Å². The van der Waals surface area contributed by atoms with E-state index in [0.29, 0.717) is 16.4 Å². The molecule has 0 saturated carbocycles. The van der Waals surface area contributed by atoms with Gasteiger partial charge in [0.1, 0.15) is 11.6 Å². The highest BCUT2D eigenvalue weighted by Gasteiger charge is 2.13. The van der Waals surface area contributed by atoms with Crippen molar-refractivity contribution in [3.8, 4) is 6.07 Å². The van der Waals surface area contributed by atoms with E-state index in [1.54, 1.807) is 24.3 Å². The molecule has 0 aliphatic rings. The lowest BCUT2D eigenvalue weighted by Crippen LogP contribution is -2.15. The molecule has 4 rings (SSSR count). The van der Waals surface area contributed by atoms with Crippen LogP contribution in [0.5, 0.6) is 0 Å². The molecule has 0 saturated heterocycles. The number of amides is 1. The van der Waals surface area contributed by atoms with Crippen molar-refractivity contribution in [3.63, 3.8) is 0 Å². The number of hydrogen-bond donors (Lipinski definition) is 1. The van der Waals surface area contributed by atoms with E-state index < -0.39 is 0 Å². The van der Waals surface area contributed by atoms with E-state index in [2.05, 4.69) is 26.6 Å². The monoisotopic (exact) mass is 374 g/mol. The number of hydrogen-bond acceptors (Lipinski definition) is 6. The summed E-state index contributed by atoms with van der Waals surface area (Å²) in [4.78, 5) is 16.7. The topological polar surface area (TPSA) is 96.5 Å². The quantitative estimate of drug-likeness (QED) is 0.551. The van der Waals surface area contributed by atoms with Crippen molar-refractivity contribution in [2.45, 2.75) is 5.16 Å². The van der Waals surface area contributed by atoms with Gasteiger partial charge < -0.3 is 9.88 Å². The molecular formula is C19H14N6OS. The first-order chi connectivity index (χ1) is 13.2. The Kier molecular flexibility index (Phi) is 4.44. The first kappa shape index (κ1) is 17.0. The van der Waals surface area contributed by atoms with Gasteiger partial charge in [-0.1, -0.05) is 42.1 Å². The molecule has 0 aliphatic carbocycles. The Balaban J connectivity index is 1.52. The molecule has 2 aromatic carbocycles. The van der Waals surface area contributed by atoms with E-state index in [9.17, 15) is 4.79 Å². The largest absolute Gasteiger partial charge is 0.327 e. The van der Waals surface area contributed by atoms with Crippen LogP contribution >= 0.6 is 11.8 Å². The van der Waals surface area contributed by atoms with Gasteiger partial charge in [-0.2, -0.15) is 5.26 Å². The van der Waals surface area contributed by atoms with Gasteiger partial charge >= 0.3 is 0 Å². The molecule has 0 bridgehead atoms. The number of fused-ring (bicyclic) bond motifs is 3. The number of nitrogens with one attached hydrogen (secondary N) is 1. The molecule has 1 N–H and O–H groups in total. The summed E-state index contributed by atoms with van der Waals surface area (Å²) in [6.45, 7) is 0. The Hall–Kier alpha value is -3.44. The molecule has 4 aromatic rings. The van der Waals surface area contributed by atoms with Crippen LogP contribution in [0.25, 0.3) is 22.1 Å². The minimum atomic E-state index is -0.233. The van der Waals surface area contributed by atoms with Crippen LogP contribution in [0, 0.1) is 11.3 Å². The van der Waals surface area contributed by atoms with Crippen molar-refractivity contribution in [1.29, 1.82) is 5.26 Å². The van der Waals surface area contributed by atoms with E-state index >= 15 is 0 Å². The predicted octanol–water partition coefficient (Wildman–Crippen LogP) is 3.12. The molecule has 0 spiro atoms. The van der Waals surface area contributed by atoms with Crippen molar-refractivity contribution in [3.05, 3.63) is 54.1 Å². The molecule has 0 fully saturated rings. The summed E-state index contributed by atoms with van der Waals surface area (Å²) in [6.07, 6.45) is 0. The second-order valence-corrected chi connectivity index (χ2v) is 6.78. The van der Waals surface area contributed by atoms with Gasteiger partial charge in [-0.25, -0.2) is 4.98 Å². The van der Waals surface area contributed by atoms with Crippen LogP contribution in [0.4, 0.5) is 5.69 Å². The summed E-state index contributed by atoms with van der Waals surface area (Å²) in [5.74, 6) is -0.111. The van der Waals surface area contributed by atoms with Gasteiger partial charge in [0.2, 0.25) is 11.1 Å². The van der Waals surface area contributed by atoms with E-state index in [-0.39, 0.29) is 11.7 Å². The van der Waals surface area contributed by atoms with Gasteiger partial charge in [-0.05, 0) is 18.2 Å². The van der Waals surface area contributed by atoms with Crippen LogP contribution in [-0.2, 0) is 11.8 Å². The highest BCUT2D eigenvalue weighted by molar-refractivity contribution is 7.99. The maximum absolute atomic E-state index is 12.2. The SMILES string of the molecule is Cn1c2ccccc2c2nnc(SCC(=O)Nc3ccccc3C#N)nc21. The first-order valence-electron chi connectivity index (χ1n) is 8.17. The van der Waals surface area contributed by atoms with E-state index in [1.807, 2.05) is 35.9 Å². The molecule has 2 heterocycles. The van der Waals surface area contributed by atoms with Crippen molar-refractivity contribution < 1.29 is 4.79 Å². The fourth-order valence-corrected chi connectivity index (χ4v) is 3.44. The number of benzene rings is 2. The van der Waals surface area contributed by atoms with Gasteiger partial charge in [0.15, 0.2) is 5.65 Å². The number of nitrogens with zero attached hydrogens (tertiary/aromatic N) is 5. The van der Waals surface area contributed by atoms with Gasteiger partial charge in [0.25, 0.3) is 0 Å². The number of aromatic nitrogens is 4. The number of anilines is 1. The number of nitriles is 1. The van der Waals surface area contributed by atoms with Gasteiger partial charge in [0.05, 0.1) is 22.5 Å². The lowest BCUT2D eigenvalue weighted by Gasteiger charge is -2.06. The second kappa shape index (κ2) is 7.05. The fraction of sp³-hybridized carbons (Fsp3) is 0.105. The summed E-state index contributed by atoms with van der Waals surface area (Å²) in [5.41, 5.74) is 3.41. The van der Waals surface area contributed by atoms with Crippen molar-refractivity contribution >= 4 is 45.4 Å². The van der Waals surface area contributed by atoms with E-state index in [4.69, 9.17) is 5.26 Å². The third-order valence-corrected chi connectivity index (χ3v) is 4.98. The zero-order chi connectivity index (χ0) is 18.8. The fourth-order valence-electron chi connectivity index (χ4n) is 2.86. The minimum Gasteiger partial charge on any atom is -0.327 e. The highest BCUT2D eigenvalue weighted by atomic mass is 32.2. The lowest BCUT2D eigenvalue weighted by atomic mass is 10.2. The van der Waals surface area contributed by atoms with Crippen LogP contribution in [0.1, 0.15) is 5.56 Å². The molecule has 27 heavy (non-hydrogen) atoms. The van der Waals surface area contributed by atoms with Crippen LogP contribution in [0.2, 0.25) is 0 Å². The molecule has 7 nitrogen and oxygen atoms in total. The number of aryl methyl sites for hydroxylation is 1. The van der Waals surface area contributed by atoms with E-state index in [0.717, 1.165) is 22.1 Å². The van der Waals surface area contributed by atoms with Crippen molar-refractivity contribution in [1.82, 2.24) is 19.7 Å². The van der Waals surface area contributed by atoms with Crippen LogP contribution in [-0.4, -0.2) is 31.4 Å². The number of thioether (sulfide) groups is 1. The normalized spacial score (nSPS) is 10.8. The smallest absolute Gasteiger partial charge is 0.234 e. The summed E-state index contributed by atoms with van der Waals surface area (Å²) in [6, 6.07) is 16.8. The summed E-state index contributed by atoms with van der Waals surface area (Å²) >= 11 is 1.20. The Labute approximate surface area is 159 Å². The van der Waals surface area contributed by atoms with E-state index in [1.165, 1.54) is 11.8 Å². The summed E-state index contributed by atoms with van der Waals surface area (Å²) in [7, 11) is 1.93. The first-order valence-corrected chi connectivity index (χ1v) is 9.15.